The molecule has 1 aromatic carbocycles. The Labute approximate surface area is 121 Å². The largest absolute Gasteiger partial charge is 0.326 e. The van der Waals surface area contributed by atoms with Gasteiger partial charge in [0.1, 0.15) is 10.7 Å². The average Bonchev–Trinajstić information content (AvgIpc) is 2.68. The summed E-state index contributed by atoms with van der Waals surface area (Å²) in [5.74, 6) is -0.350. The van der Waals surface area contributed by atoms with Crippen molar-refractivity contribution in [3.8, 4) is 0 Å². The first-order chi connectivity index (χ1) is 9.48. The molecule has 8 heteroatoms. The molecule has 0 atom stereocenters. The molecular formula is C12H16F2N2O2S2. The van der Waals surface area contributed by atoms with Crippen LogP contribution in [0.4, 0.5) is 8.78 Å². The molecule has 1 fully saturated rings. The third-order valence-electron chi connectivity index (χ3n) is 3.15. The minimum Gasteiger partial charge on any atom is -0.326 e. The fourth-order valence-corrected chi connectivity index (χ4v) is 4.64. The van der Waals surface area contributed by atoms with Gasteiger partial charge in [-0.05, 0) is 24.3 Å². The van der Waals surface area contributed by atoms with Crippen molar-refractivity contribution in [1.82, 2.24) is 4.31 Å². The van der Waals surface area contributed by atoms with E-state index >= 15 is 0 Å². The second-order valence-corrected chi connectivity index (χ2v) is 7.54. The van der Waals surface area contributed by atoms with Gasteiger partial charge in [-0.25, -0.2) is 17.2 Å². The zero-order valence-electron chi connectivity index (χ0n) is 10.8. The molecule has 0 amide bonds. The number of rotatable bonds is 3. The normalized spacial score (nSPS) is 17.9. The van der Waals surface area contributed by atoms with Crippen LogP contribution in [-0.2, 0) is 16.6 Å². The summed E-state index contributed by atoms with van der Waals surface area (Å²) in [6.45, 7) is 0.308. The Morgan fingerprint density at radius 1 is 1.25 bits per heavy atom. The highest BCUT2D eigenvalue weighted by Gasteiger charge is 2.29. The molecule has 0 aromatic heterocycles. The van der Waals surface area contributed by atoms with Gasteiger partial charge < -0.3 is 5.73 Å². The van der Waals surface area contributed by atoms with Crippen LogP contribution in [0.2, 0.25) is 0 Å². The molecule has 0 bridgehead atoms. The monoisotopic (exact) mass is 322 g/mol. The molecule has 2 rings (SSSR count). The van der Waals surface area contributed by atoms with Crippen molar-refractivity contribution in [1.29, 1.82) is 0 Å². The SMILES string of the molecule is NCc1c(F)ccc(S(=O)(=O)N2CCCSCC2)c1F. The molecule has 0 aliphatic carbocycles. The summed E-state index contributed by atoms with van der Waals surface area (Å²) in [6, 6.07) is 1.92. The standard InChI is InChI=1S/C12H16F2N2O2S2/c13-10-2-3-11(12(14)9(10)8-15)20(17,18)16-4-1-6-19-7-5-16/h2-3H,1,4-8,15H2. The summed E-state index contributed by atoms with van der Waals surface area (Å²) in [6.07, 6.45) is 0.719. The fourth-order valence-electron chi connectivity index (χ4n) is 2.07. The Hall–Kier alpha value is -0.700. The van der Waals surface area contributed by atoms with Crippen LogP contribution < -0.4 is 5.73 Å². The molecule has 2 N–H and O–H groups in total. The molecule has 20 heavy (non-hydrogen) atoms. The highest BCUT2D eigenvalue weighted by molar-refractivity contribution is 7.99. The summed E-state index contributed by atoms with van der Waals surface area (Å²) in [7, 11) is -3.94. The molecule has 0 spiro atoms. The first-order valence-corrected chi connectivity index (χ1v) is 8.83. The van der Waals surface area contributed by atoms with Gasteiger partial charge in [0.05, 0.1) is 0 Å². The summed E-state index contributed by atoms with van der Waals surface area (Å²) < 4.78 is 53.7. The number of hydrogen-bond donors (Lipinski definition) is 1. The average molecular weight is 322 g/mol. The number of nitrogens with two attached hydrogens (primary N) is 1. The Bertz CT molecular complexity index is 585. The van der Waals surface area contributed by atoms with Crippen LogP contribution in [-0.4, -0.2) is 37.3 Å². The summed E-state index contributed by atoms with van der Waals surface area (Å²) in [5, 5.41) is 0. The highest BCUT2D eigenvalue weighted by atomic mass is 32.2. The molecule has 1 saturated heterocycles. The third-order valence-corrected chi connectivity index (χ3v) is 6.12. The van der Waals surface area contributed by atoms with E-state index in [9.17, 15) is 17.2 Å². The minimum atomic E-state index is -3.94. The lowest BCUT2D eigenvalue weighted by Crippen LogP contribution is -2.33. The Morgan fingerprint density at radius 3 is 2.70 bits per heavy atom. The van der Waals surface area contributed by atoms with Crippen LogP contribution in [0.5, 0.6) is 0 Å². The maximum absolute atomic E-state index is 14.2. The molecule has 0 radical (unpaired) electrons. The van der Waals surface area contributed by atoms with Crippen molar-refractivity contribution in [3.63, 3.8) is 0 Å². The van der Waals surface area contributed by atoms with E-state index in [1.165, 1.54) is 4.31 Å². The Kier molecular flexibility index (Phi) is 5.00. The number of thioether (sulfide) groups is 1. The second-order valence-electron chi connectivity index (χ2n) is 4.41. The van der Waals surface area contributed by atoms with E-state index in [0.717, 1.165) is 24.3 Å². The molecule has 1 aromatic rings. The number of sulfonamides is 1. The number of halogens is 2. The van der Waals surface area contributed by atoms with Crippen molar-refractivity contribution in [2.75, 3.05) is 24.6 Å². The first-order valence-electron chi connectivity index (χ1n) is 6.23. The van der Waals surface area contributed by atoms with Crippen molar-refractivity contribution in [2.24, 2.45) is 5.73 Å². The molecule has 4 nitrogen and oxygen atoms in total. The summed E-state index contributed by atoms with van der Waals surface area (Å²) >= 11 is 1.67. The van der Waals surface area contributed by atoms with Crippen LogP contribution in [0.1, 0.15) is 12.0 Å². The van der Waals surface area contributed by atoms with Crippen LogP contribution in [0.3, 0.4) is 0 Å². The van der Waals surface area contributed by atoms with Gasteiger partial charge in [-0.3, -0.25) is 0 Å². The zero-order chi connectivity index (χ0) is 14.8. The quantitative estimate of drug-likeness (QED) is 0.917. The molecule has 0 unspecified atom stereocenters. The maximum Gasteiger partial charge on any atom is 0.246 e. The van der Waals surface area contributed by atoms with Crippen molar-refractivity contribution in [3.05, 3.63) is 29.3 Å². The lowest BCUT2D eigenvalue weighted by Gasteiger charge is -2.20. The Balaban J connectivity index is 2.43. The molecule has 1 aliphatic heterocycles. The number of benzene rings is 1. The van der Waals surface area contributed by atoms with E-state index in [4.69, 9.17) is 5.73 Å². The molecule has 0 saturated carbocycles. The van der Waals surface area contributed by atoms with Crippen molar-refractivity contribution in [2.45, 2.75) is 17.9 Å². The van der Waals surface area contributed by atoms with E-state index in [2.05, 4.69) is 0 Å². The maximum atomic E-state index is 14.2. The smallest absolute Gasteiger partial charge is 0.246 e. The Morgan fingerprint density at radius 2 is 2.00 bits per heavy atom. The molecular weight excluding hydrogens is 306 g/mol. The summed E-state index contributed by atoms with van der Waals surface area (Å²) in [4.78, 5) is -0.494. The van der Waals surface area contributed by atoms with Gasteiger partial charge in [0.25, 0.3) is 0 Å². The van der Waals surface area contributed by atoms with Crippen molar-refractivity contribution >= 4 is 21.8 Å². The molecule has 112 valence electrons. The van der Waals surface area contributed by atoms with E-state index in [1.54, 1.807) is 11.8 Å². The van der Waals surface area contributed by atoms with Gasteiger partial charge in [-0.1, -0.05) is 0 Å². The van der Waals surface area contributed by atoms with Gasteiger partial charge in [0.2, 0.25) is 10.0 Å². The number of hydrogen-bond acceptors (Lipinski definition) is 4. The van der Waals surface area contributed by atoms with Gasteiger partial charge in [0, 0.05) is 31.0 Å². The summed E-state index contributed by atoms with van der Waals surface area (Å²) in [5.41, 5.74) is 4.88. The fraction of sp³-hybridized carbons (Fsp3) is 0.500. The van der Waals surface area contributed by atoms with Gasteiger partial charge >= 0.3 is 0 Å². The van der Waals surface area contributed by atoms with E-state index in [-0.39, 0.29) is 6.54 Å². The van der Waals surface area contributed by atoms with E-state index in [0.29, 0.717) is 18.8 Å². The minimum absolute atomic E-state index is 0.335. The zero-order valence-corrected chi connectivity index (χ0v) is 12.4. The van der Waals surface area contributed by atoms with Gasteiger partial charge in [0.15, 0.2) is 5.82 Å². The van der Waals surface area contributed by atoms with Crippen LogP contribution >= 0.6 is 11.8 Å². The second kappa shape index (κ2) is 6.38. The number of nitrogens with zero attached hydrogens (tertiary/aromatic N) is 1. The topological polar surface area (TPSA) is 63.4 Å². The predicted molar refractivity (Wildman–Crippen MR) is 75.0 cm³/mol. The predicted octanol–water partition coefficient (Wildman–Crippen LogP) is 1.55. The highest BCUT2D eigenvalue weighted by Crippen LogP contribution is 2.25. The molecule has 1 aliphatic rings. The first kappa shape index (κ1) is 15.7. The van der Waals surface area contributed by atoms with Gasteiger partial charge in [-0.2, -0.15) is 16.1 Å². The van der Waals surface area contributed by atoms with Crippen LogP contribution in [0, 0.1) is 11.6 Å². The third kappa shape index (κ3) is 2.98. The van der Waals surface area contributed by atoms with Crippen LogP contribution in [0.25, 0.3) is 0 Å². The van der Waals surface area contributed by atoms with Crippen molar-refractivity contribution < 1.29 is 17.2 Å². The van der Waals surface area contributed by atoms with Gasteiger partial charge in [-0.15, -0.1) is 0 Å². The van der Waals surface area contributed by atoms with E-state index in [1.807, 2.05) is 0 Å². The van der Waals surface area contributed by atoms with E-state index < -0.39 is 32.1 Å². The lowest BCUT2D eigenvalue weighted by atomic mass is 10.2. The lowest BCUT2D eigenvalue weighted by molar-refractivity contribution is 0.428. The van der Waals surface area contributed by atoms with Crippen LogP contribution in [0.15, 0.2) is 17.0 Å². The molecule has 1 heterocycles.